The summed E-state index contributed by atoms with van der Waals surface area (Å²) in [5.74, 6) is -2.19. The fourth-order valence-corrected chi connectivity index (χ4v) is 8.42. The van der Waals surface area contributed by atoms with Crippen LogP contribution in [-0.2, 0) is 43.0 Å². The molecule has 2 aliphatic heterocycles. The Morgan fingerprint density at radius 2 is 1.49 bits per heavy atom. The molecule has 0 radical (unpaired) electrons. The van der Waals surface area contributed by atoms with Gasteiger partial charge in [0.2, 0.25) is 23.6 Å². The average Bonchev–Trinajstić information content (AvgIpc) is 3.64. The standard InChI is InChI=1S/C42H78N6O9/c1-15-28(8)37(47(12)42(53)35(26(4)5)44-41(52)36(27(6)7)46(10)11)32(54-13)24-33(49)48-21-18-19-31(48)38(55-14)29(9)39(50)43-30(23-25(2)3)40(51)45-57-34-20-16-17-22-56-34/h25-32,34-38H,15-24H2,1-14H3,(H,43,50)(H,44,52)(H,45,51)/t28-,29+,30-,31-,32+,34?,35-,36-,37-,38+/m0/s1. The Morgan fingerprint density at radius 3 is 2.00 bits per heavy atom. The van der Waals surface area contributed by atoms with E-state index in [2.05, 4.69) is 16.1 Å². The summed E-state index contributed by atoms with van der Waals surface area (Å²) in [4.78, 5) is 79.8. The van der Waals surface area contributed by atoms with Gasteiger partial charge in [0, 0.05) is 40.8 Å². The molecular formula is C42H78N6O9. The van der Waals surface area contributed by atoms with Gasteiger partial charge in [-0.2, -0.15) is 0 Å². The van der Waals surface area contributed by atoms with Crippen molar-refractivity contribution >= 4 is 29.5 Å². The summed E-state index contributed by atoms with van der Waals surface area (Å²) in [7, 11) is 8.53. The van der Waals surface area contributed by atoms with E-state index in [-0.39, 0.29) is 53.7 Å². The van der Waals surface area contributed by atoms with Crippen molar-refractivity contribution in [3.63, 3.8) is 0 Å². The van der Waals surface area contributed by atoms with Crippen LogP contribution in [-0.4, -0.2) is 141 Å². The maximum Gasteiger partial charge on any atom is 0.266 e. The van der Waals surface area contributed by atoms with Gasteiger partial charge in [-0.25, -0.2) is 10.3 Å². The average molecular weight is 811 g/mol. The monoisotopic (exact) mass is 811 g/mol. The summed E-state index contributed by atoms with van der Waals surface area (Å²) in [6.45, 7) is 18.6. The Morgan fingerprint density at radius 1 is 0.825 bits per heavy atom. The van der Waals surface area contributed by atoms with Crippen LogP contribution in [0.2, 0.25) is 0 Å². The van der Waals surface area contributed by atoms with Gasteiger partial charge in [0.25, 0.3) is 5.91 Å². The molecule has 0 spiro atoms. The number of ether oxygens (including phenoxy) is 3. The van der Waals surface area contributed by atoms with E-state index in [1.807, 2.05) is 74.4 Å². The molecule has 0 aliphatic carbocycles. The van der Waals surface area contributed by atoms with Crippen molar-refractivity contribution in [2.75, 3.05) is 48.5 Å². The van der Waals surface area contributed by atoms with Crippen LogP contribution in [0.5, 0.6) is 0 Å². The molecule has 15 heteroatoms. The second-order valence-electron chi connectivity index (χ2n) is 17.5. The summed E-state index contributed by atoms with van der Waals surface area (Å²) in [5, 5.41) is 5.96. The van der Waals surface area contributed by atoms with Crippen LogP contribution in [0.3, 0.4) is 0 Å². The van der Waals surface area contributed by atoms with E-state index in [1.165, 1.54) is 7.11 Å². The summed E-state index contributed by atoms with van der Waals surface area (Å²) < 4.78 is 17.6. The van der Waals surface area contributed by atoms with E-state index in [4.69, 9.17) is 19.0 Å². The van der Waals surface area contributed by atoms with Gasteiger partial charge in [-0.3, -0.25) is 28.9 Å². The van der Waals surface area contributed by atoms with Crippen LogP contribution in [0.15, 0.2) is 0 Å². The molecule has 2 rings (SSSR count). The number of carbonyl (C=O) groups excluding carboxylic acids is 5. The van der Waals surface area contributed by atoms with Crippen LogP contribution in [0.4, 0.5) is 0 Å². The number of rotatable bonds is 23. The van der Waals surface area contributed by atoms with E-state index in [9.17, 15) is 24.0 Å². The number of nitrogens with zero attached hydrogens (tertiary/aromatic N) is 3. The summed E-state index contributed by atoms with van der Waals surface area (Å²) in [6.07, 6.45) is 3.27. The lowest BCUT2D eigenvalue weighted by atomic mass is 9.89. The first-order chi connectivity index (χ1) is 26.8. The molecule has 2 aliphatic rings. The molecule has 57 heavy (non-hydrogen) atoms. The smallest absolute Gasteiger partial charge is 0.266 e. The molecule has 330 valence electrons. The Hall–Kier alpha value is -2.85. The maximum absolute atomic E-state index is 14.3. The maximum atomic E-state index is 14.3. The van der Waals surface area contributed by atoms with E-state index in [1.54, 1.807) is 30.9 Å². The number of hydroxylamine groups is 1. The van der Waals surface area contributed by atoms with Crippen molar-refractivity contribution in [3.8, 4) is 0 Å². The molecule has 10 atom stereocenters. The highest BCUT2D eigenvalue weighted by atomic mass is 16.8. The molecule has 2 saturated heterocycles. The van der Waals surface area contributed by atoms with E-state index in [0.717, 1.165) is 25.7 Å². The Balaban J connectivity index is 2.24. The molecule has 0 bridgehead atoms. The largest absolute Gasteiger partial charge is 0.379 e. The van der Waals surface area contributed by atoms with Gasteiger partial charge in [-0.1, -0.05) is 68.7 Å². The molecule has 15 nitrogen and oxygen atoms in total. The van der Waals surface area contributed by atoms with Gasteiger partial charge in [-0.15, -0.1) is 0 Å². The molecule has 0 saturated carbocycles. The second kappa shape index (κ2) is 24.3. The number of hydrogen-bond donors (Lipinski definition) is 3. The molecule has 2 heterocycles. The number of amides is 5. The fraction of sp³-hybridized carbons (Fsp3) is 0.881. The molecular weight excluding hydrogens is 732 g/mol. The van der Waals surface area contributed by atoms with Gasteiger partial charge in [0.05, 0.1) is 42.7 Å². The summed E-state index contributed by atoms with van der Waals surface area (Å²) in [6, 6.07) is -2.87. The number of likely N-dealkylation sites (N-methyl/N-ethyl adjacent to an activating group) is 2. The molecule has 0 aromatic carbocycles. The van der Waals surface area contributed by atoms with Gasteiger partial charge < -0.3 is 34.6 Å². The van der Waals surface area contributed by atoms with Crippen LogP contribution in [0.1, 0.15) is 114 Å². The van der Waals surface area contributed by atoms with Crippen LogP contribution in [0.25, 0.3) is 0 Å². The van der Waals surface area contributed by atoms with E-state index >= 15 is 0 Å². The Bertz CT molecular complexity index is 1270. The van der Waals surface area contributed by atoms with Gasteiger partial charge >= 0.3 is 0 Å². The predicted octanol–water partition coefficient (Wildman–Crippen LogP) is 3.74. The van der Waals surface area contributed by atoms with Crippen LogP contribution < -0.4 is 16.1 Å². The molecule has 5 amide bonds. The molecule has 1 unspecified atom stereocenters. The topological polar surface area (TPSA) is 168 Å². The lowest BCUT2D eigenvalue weighted by Gasteiger charge is -2.41. The highest BCUT2D eigenvalue weighted by Crippen LogP contribution is 2.30. The molecule has 2 fully saturated rings. The van der Waals surface area contributed by atoms with E-state index < -0.39 is 60.5 Å². The van der Waals surface area contributed by atoms with Gasteiger partial charge in [-0.05, 0) is 69.9 Å². The zero-order valence-electron chi connectivity index (χ0n) is 37.6. The van der Waals surface area contributed by atoms with Gasteiger partial charge in [0.15, 0.2) is 6.29 Å². The third-order valence-corrected chi connectivity index (χ3v) is 11.7. The Labute approximate surface area is 343 Å². The molecule has 3 N–H and O–H groups in total. The zero-order chi connectivity index (χ0) is 43.1. The first-order valence-electron chi connectivity index (χ1n) is 21.3. The van der Waals surface area contributed by atoms with Crippen molar-refractivity contribution in [2.24, 2.45) is 29.6 Å². The molecule has 0 aromatic heterocycles. The number of nitrogens with one attached hydrogen (secondary N) is 3. The van der Waals surface area contributed by atoms with Crippen molar-refractivity contribution in [1.82, 2.24) is 30.8 Å². The van der Waals surface area contributed by atoms with Crippen molar-refractivity contribution in [3.05, 3.63) is 0 Å². The van der Waals surface area contributed by atoms with E-state index in [0.29, 0.717) is 32.4 Å². The summed E-state index contributed by atoms with van der Waals surface area (Å²) >= 11 is 0. The lowest BCUT2D eigenvalue weighted by Crippen LogP contribution is -2.59. The minimum absolute atomic E-state index is 0.00668. The first kappa shape index (κ1) is 50.3. The lowest BCUT2D eigenvalue weighted by molar-refractivity contribution is -0.201. The summed E-state index contributed by atoms with van der Waals surface area (Å²) in [5.41, 5.74) is 2.49. The quantitative estimate of drug-likeness (QED) is 0.129. The minimum Gasteiger partial charge on any atom is -0.379 e. The predicted molar refractivity (Wildman–Crippen MR) is 219 cm³/mol. The van der Waals surface area contributed by atoms with Crippen LogP contribution >= 0.6 is 0 Å². The minimum atomic E-state index is -0.838. The number of hydrogen-bond acceptors (Lipinski definition) is 10. The highest BCUT2D eigenvalue weighted by Gasteiger charge is 2.43. The second-order valence-corrected chi connectivity index (χ2v) is 17.5. The zero-order valence-corrected chi connectivity index (χ0v) is 37.6. The van der Waals surface area contributed by atoms with Gasteiger partial charge in [0.1, 0.15) is 12.1 Å². The normalized spacial score (nSPS) is 21.8. The van der Waals surface area contributed by atoms with Crippen molar-refractivity contribution in [1.29, 1.82) is 0 Å². The number of carbonyl (C=O) groups is 5. The highest BCUT2D eigenvalue weighted by molar-refractivity contribution is 5.90. The van der Waals surface area contributed by atoms with Crippen molar-refractivity contribution < 1.29 is 43.0 Å². The third kappa shape index (κ3) is 14.4. The van der Waals surface area contributed by atoms with Crippen LogP contribution in [0, 0.1) is 29.6 Å². The fourth-order valence-electron chi connectivity index (χ4n) is 8.42. The van der Waals surface area contributed by atoms with Crippen molar-refractivity contribution in [2.45, 2.75) is 162 Å². The first-order valence-corrected chi connectivity index (χ1v) is 21.3. The Kier molecular flexibility index (Phi) is 21.4. The number of methoxy groups -OCH3 is 2. The third-order valence-electron chi connectivity index (χ3n) is 11.7. The SMILES string of the molecule is CC[C@H](C)[C@@H]([C@@H](CC(=O)N1CCC[C@H]1[C@H](OC)[C@@H](C)C(=O)N[C@@H](CC(C)C)C(=O)NOC1CCCCO1)OC)N(C)C(=O)[C@@H](NC(=O)[C@H](C(C)C)N(C)C)C(C)C. The number of likely N-dealkylation sites (tertiary alicyclic amines) is 1. The molecule has 0 aromatic rings.